The molecule has 4 rings (SSSR count). The Hall–Kier alpha value is -1.95. The molecule has 3 fully saturated rings. The quantitative estimate of drug-likeness (QED) is 0.744. The van der Waals surface area contributed by atoms with E-state index in [1.807, 2.05) is 6.92 Å². The third-order valence-electron chi connectivity index (χ3n) is 6.59. The van der Waals surface area contributed by atoms with E-state index in [1.165, 1.54) is 6.42 Å². The minimum Gasteiger partial charge on any atom is -0.461 e. The van der Waals surface area contributed by atoms with Crippen molar-refractivity contribution in [2.75, 3.05) is 19.7 Å². The molecule has 3 aliphatic rings. The van der Waals surface area contributed by atoms with Crippen LogP contribution in [-0.4, -0.2) is 53.7 Å². The third kappa shape index (κ3) is 3.35. The molecule has 2 saturated carbocycles. The van der Waals surface area contributed by atoms with Crippen molar-refractivity contribution in [3.8, 4) is 0 Å². The fourth-order valence-corrected chi connectivity index (χ4v) is 4.81. The number of hydrogen-bond donors (Lipinski definition) is 0. The maximum atomic E-state index is 12.8. The molecule has 6 nitrogen and oxygen atoms in total. The number of rotatable bonds is 5. The zero-order chi connectivity index (χ0) is 18.9. The lowest BCUT2D eigenvalue weighted by molar-refractivity contribution is -0.241. The second kappa shape index (κ2) is 7.58. The minimum atomic E-state index is -0.229. The molecule has 1 aromatic heterocycles. The predicted molar refractivity (Wildman–Crippen MR) is 99.1 cm³/mol. The van der Waals surface area contributed by atoms with Crippen LogP contribution in [-0.2, 0) is 14.3 Å². The highest BCUT2D eigenvalue weighted by molar-refractivity contribution is 5.94. The molecule has 6 heteroatoms. The topological polar surface area (TPSA) is 68.7 Å². The Balaban J connectivity index is 1.35. The van der Waals surface area contributed by atoms with Gasteiger partial charge in [0, 0.05) is 49.5 Å². The maximum absolute atomic E-state index is 12.8. The number of carbonyl (C=O) groups excluding carboxylic acids is 2. The summed E-state index contributed by atoms with van der Waals surface area (Å²) in [5.41, 5.74) is 0.679. The molecule has 146 valence electrons. The Morgan fingerprint density at radius 3 is 2.67 bits per heavy atom. The highest BCUT2D eigenvalue weighted by atomic mass is 16.6. The van der Waals surface area contributed by atoms with Gasteiger partial charge in [-0.15, -0.1) is 0 Å². The summed E-state index contributed by atoms with van der Waals surface area (Å²) < 4.78 is 11.8. The van der Waals surface area contributed by atoms with Gasteiger partial charge in [0.1, 0.15) is 6.10 Å². The van der Waals surface area contributed by atoms with Gasteiger partial charge in [0.05, 0.1) is 12.0 Å². The SMILES string of the molecule is CCO[C@@H]1C[C@@H](OC(=O)[C@@H]2CCCN(C(=O)c3ccncc3)C2)C12CCC2. The number of likely N-dealkylation sites (tertiary alicyclic amines) is 1. The largest absolute Gasteiger partial charge is 0.461 e. The van der Waals surface area contributed by atoms with Gasteiger partial charge < -0.3 is 14.4 Å². The van der Waals surface area contributed by atoms with Crippen molar-refractivity contribution < 1.29 is 19.1 Å². The molecule has 27 heavy (non-hydrogen) atoms. The highest BCUT2D eigenvalue weighted by Gasteiger charge is 2.61. The number of nitrogens with zero attached hydrogens (tertiary/aromatic N) is 2. The van der Waals surface area contributed by atoms with E-state index in [9.17, 15) is 9.59 Å². The van der Waals surface area contributed by atoms with E-state index in [0.717, 1.165) is 32.1 Å². The Morgan fingerprint density at radius 2 is 2.00 bits per heavy atom. The molecule has 0 aromatic carbocycles. The molecule has 0 unspecified atom stereocenters. The average molecular weight is 372 g/mol. The van der Waals surface area contributed by atoms with Gasteiger partial charge in [-0.1, -0.05) is 6.42 Å². The van der Waals surface area contributed by atoms with Gasteiger partial charge in [-0.25, -0.2) is 0 Å². The lowest BCUT2D eigenvalue weighted by atomic mass is 9.52. The van der Waals surface area contributed by atoms with E-state index < -0.39 is 0 Å². The van der Waals surface area contributed by atoms with Crippen LogP contribution in [0.1, 0.15) is 55.8 Å². The smallest absolute Gasteiger partial charge is 0.311 e. The fraction of sp³-hybridized carbons (Fsp3) is 0.667. The molecule has 0 N–H and O–H groups in total. The first-order chi connectivity index (χ1) is 13.1. The Kier molecular flexibility index (Phi) is 5.17. The Morgan fingerprint density at radius 1 is 1.22 bits per heavy atom. The monoisotopic (exact) mass is 372 g/mol. The molecule has 2 heterocycles. The molecule has 1 saturated heterocycles. The summed E-state index contributed by atoms with van der Waals surface area (Å²) in [4.78, 5) is 31.2. The van der Waals surface area contributed by atoms with E-state index in [2.05, 4.69) is 4.98 Å². The Labute approximate surface area is 160 Å². The normalized spacial score (nSPS) is 28.9. The molecule has 1 aromatic rings. The van der Waals surface area contributed by atoms with Gasteiger partial charge in [0.2, 0.25) is 0 Å². The molecule has 0 bridgehead atoms. The van der Waals surface area contributed by atoms with Crippen LogP contribution < -0.4 is 0 Å². The zero-order valence-corrected chi connectivity index (χ0v) is 15.9. The van der Waals surface area contributed by atoms with Crippen LogP contribution in [0.4, 0.5) is 0 Å². The number of hydrogen-bond acceptors (Lipinski definition) is 5. The van der Waals surface area contributed by atoms with Gasteiger partial charge in [-0.05, 0) is 44.7 Å². The maximum Gasteiger partial charge on any atom is 0.311 e. The van der Waals surface area contributed by atoms with Crippen molar-refractivity contribution in [3.05, 3.63) is 30.1 Å². The summed E-state index contributed by atoms with van der Waals surface area (Å²) in [7, 11) is 0. The number of amides is 1. The first kappa shape index (κ1) is 18.4. The van der Waals surface area contributed by atoms with Gasteiger partial charge in [0.15, 0.2) is 0 Å². The summed E-state index contributed by atoms with van der Waals surface area (Å²) >= 11 is 0. The van der Waals surface area contributed by atoms with Crippen molar-refractivity contribution in [2.24, 2.45) is 11.3 Å². The lowest BCUT2D eigenvalue weighted by Gasteiger charge is -2.59. The van der Waals surface area contributed by atoms with Crippen LogP contribution in [0.15, 0.2) is 24.5 Å². The van der Waals surface area contributed by atoms with Crippen LogP contribution in [0.25, 0.3) is 0 Å². The van der Waals surface area contributed by atoms with Crippen LogP contribution in [0.5, 0.6) is 0 Å². The first-order valence-electron chi connectivity index (χ1n) is 10.2. The van der Waals surface area contributed by atoms with Gasteiger partial charge in [-0.3, -0.25) is 14.6 Å². The minimum absolute atomic E-state index is 0.0124. The molecular weight excluding hydrogens is 344 g/mol. The standard InChI is InChI=1S/C21H28N2O4/c1-2-26-17-13-18(21(17)8-4-9-21)27-20(25)16-5-3-12-23(14-16)19(24)15-6-10-22-11-7-15/h6-7,10-11,16-18H,2-5,8-9,12-14H2,1H3/t16-,17-,18-/m1/s1. The van der Waals surface area contributed by atoms with Crippen LogP contribution in [0.2, 0.25) is 0 Å². The van der Waals surface area contributed by atoms with E-state index >= 15 is 0 Å². The van der Waals surface area contributed by atoms with Crippen LogP contribution >= 0.6 is 0 Å². The number of carbonyl (C=O) groups is 2. The summed E-state index contributed by atoms with van der Waals surface area (Å²) in [6.07, 6.45) is 9.26. The van der Waals surface area contributed by atoms with E-state index in [4.69, 9.17) is 9.47 Å². The van der Waals surface area contributed by atoms with Crippen LogP contribution in [0.3, 0.4) is 0 Å². The number of esters is 1. The summed E-state index contributed by atoms with van der Waals surface area (Å²) in [6, 6.07) is 3.43. The summed E-state index contributed by atoms with van der Waals surface area (Å²) in [5.74, 6) is -0.410. The van der Waals surface area contributed by atoms with Crippen molar-refractivity contribution in [3.63, 3.8) is 0 Å². The number of piperidine rings is 1. The summed E-state index contributed by atoms with van der Waals surface area (Å²) in [5, 5.41) is 0. The number of aromatic nitrogens is 1. The second-order valence-corrected chi connectivity index (χ2v) is 8.02. The van der Waals surface area contributed by atoms with Crippen molar-refractivity contribution in [1.29, 1.82) is 0 Å². The van der Waals surface area contributed by atoms with Gasteiger partial charge in [-0.2, -0.15) is 0 Å². The molecule has 1 spiro atoms. The fourth-order valence-electron chi connectivity index (χ4n) is 4.81. The molecule has 0 radical (unpaired) electrons. The van der Waals surface area contributed by atoms with Gasteiger partial charge in [0.25, 0.3) is 5.91 Å². The molecule has 1 aliphatic heterocycles. The highest BCUT2D eigenvalue weighted by Crippen LogP contribution is 2.58. The lowest BCUT2D eigenvalue weighted by Crippen LogP contribution is -2.63. The van der Waals surface area contributed by atoms with Gasteiger partial charge >= 0.3 is 5.97 Å². The van der Waals surface area contributed by atoms with Crippen molar-refractivity contribution >= 4 is 11.9 Å². The molecule has 2 aliphatic carbocycles. The molecule has 1 amide bonds. The molecular formula is C21H28N2O4. The van der Waals surface area contributed by atoms with E-state index in [0.29, 0.717) is 25.3 Å². The van der Waals surface area contributed by atoms with Crippen molar-refractivity contribution in [2.45, 2.75) is 57.7 Å². The predicted octanol–water partition coefficient (Wildman–Crippen LogP) is 2.82. The second-order valence-electron chi connectivity index (χ2n) is 8.02. The first-order valence-corrected chi connectivity index (χ1v) is 10.2. The van der Waals surface area contributed by atoms with Crippen molar-refractivity contribution in [1.82, 2.24) is 9.88 Å². The number of ether oxygens (including phenoxy) is 2. The number of pyridine rings is 1. The Bertz CT molecular complexity index is 689. The van der Waals surface area contributed by atoms with E-state index in [1.54, 1.807) is 29.4 Å². The third-order valence-corrected chi connectivity index (χ3v) is 6.59. The average Bonchev–Trinajstić information content (AvgIpc) is 2.66. The van der Waals surface area contributed by atoms with E-state index in [-0.39, 0.29) is 35.4 Å². The zero-order valence-electron chi connectivity index (χ0n) is 15.9. The summed E-state index contributed by atoms with van der Waals surface area (Å²) in [6.45, 7) is 3.85. The molecule has 3 atom stereocenters. The van der Waals surface area contributed by atoms with Crippen LogP contribution in [0, 0.1) is 11.3 Å².